The van der Waals surface area contributed by atoms with Gasteiger partial charge in [-0.3, -0.25) is 4.79 Å². The molecule has 0 atom stereocenters. The molecule has 0 saturated heterocycles. The first kappa shape index (κ1) is 16.3. The third kappa shape index (κ3) is 3.86. The Morgan fingerprint density at radius 1 is 1.17 bits per heavy atom. The van der Waals surface area contributed by atoms with Gasteiger partial charge in [0.15, 0.2) is 0 Å². The number of carbonyl (C=O) groups is 1. The van der Waals surface area contributed by atoms with E-state index in [4.69, 9.17) is 9.47 Å². The highest BCUT2D eigenvalue weighted by Gasteiger charge is 2.17. The first-order valence-corrected chi connectivity index (χ1v) is 8.17. The number of rotatable bonds is 6. The van der Waals surface area contributed by atoms with Crippen molar-refractivity contribution in [2.45, 2.75) is 12.8 Å². The van der Waals surface area contributed by atoms with Crippen LogP contribution in [-0.2, 0) is 11.2 Å². The van der Waals surface area contributed by atoms with Crippen LogP contribution in [0.5, 0.6) is 5.75 Å². The van der Waals surface area contributed by atoms with Crippen molar-refractivity contribution >= 4 is 17.3 Å². The summed E-state index contributed by atoms with van der Waals surface area (Å²) in [4.78, 5) is 12.6. The molecule has 5 nitrogen and oxygen atoms in total. The van der Waals surface area contributed by atoms with Gasteiger partial charge in [-0.25, -0.2) is 0 Å². The molecule has 24 heavy (non-hydrogen) atoms. The molecule has 1 aliphatic heterocycles. The Morgan fingerprint density at radius 2 is 2.00 bits per heavy atom. The maximum atomic E-state index is 12.6. The molecule has 0 fully saturated rings. The van der Waals surface area contributed by atoms with Crippen molar-refractivity contribution in [3.63, 3.8) is 0 Å². The minimum absolute atomic E-state index is 0.0800. The molecule has 0 unspecified atom stereocenters. The third-order valence-corrected chi connectivity index (χ3v) is 4.01. The standard InChI is InChI=1S/C19H22N2O3/c1-23-12-13-24-15-9-7-14(8-10-15)21-19(22)17-4-2-6-18-16(17)5-3-11-20-18/h2,4,6-10,20H,3,5,11-13H2,1H3,(H,21,22). The van der Waals surface area contributed by atoms with Crippen LogP contribution < -0.4 is 15.4 Å². The Bertz CT molecular complexity index is 698. The van der Waals surface area contributed by atoms with E-state index < -0.39 is 0 Å². The molecule has 2 aromatic carbocycles. The van der Waals surface area contributed by atoms with E-state index in [1.54, 1.807) is 7.11 Å². The summed E-state index contributed by atoms with van der Waals surface area (Å²) in [6.07, 6.45) is 1.98. The largest absolute Gasteiger partial charge is 0.491 e. The van der Waals surface area contributed by atoms with Gasteiger partial charge in [0.2, 0.25) is 0 Å². The Morgan fingerprint density at radius 3 is 2.79 bits per heavy atom. The second-order valence-electron chi connectivity index (χ2n) is 5.68. The van der Waals surface area contributed by atoms with Crippen molar-refractivity contribution in [1.29, 1.82) is 0 Å². The van der Waals surface area contributed by atoms with Gasteiger partial charge in [-0.05, 0) is 54.8 Å². The zero-order valence-electron chi connectivity index (χ0n) is 13.8. The second kappa shape index (κ2) is 7.84. The van der Waals surface area contributed by atoms with Crippen LogP contribution in [0.4, 0.5) is 11.4 Å². The number of hydrogen-bond acceptors (Lipinski definition) is 4. The molecule has 5 heteroatoms. The average Bonchev–Trinajstić information content (AvgIpc) is 2.63. The summed E-state index contributed by atoms with van der Waals surface area (Å²) in [6.45, 7) is 2.01. The van der Waals surface area contributed by atoms with Gasteiger partial charge in [-0.2, -0.15) is 0 Å². The Balaban J connectivity index is 1.67. The lowest BCUT2D eigenvalue weighted by Crippen LogP contribution is -2.19. The number of fused-ring (bicyclic) bond motifs is 1. The molecule has 0 saturated carbocycles. The summed E-state index contributed by atoms with van der Waals surface area (Å²) in [5.74, 6) is 0.676. The number of nitrogens with one attached hydrogen (secondary N) is 2. The van der Waals surface area contributed by atoms with E-state index in [9.17, 15) is 4.79 Å². The van der Waals surface area contributed by atoms with Crippen molar-refractivity contribution in [2.75, 3.05) is 37.5 Å². The number of amides is 1. The molecular weight excluding hydrogens is 304 g/mol. The van der Waals surface area contributed by atoms with Crippen molar-refractivity contribution < 1.29 is 14.3 Å². The molecule has 1 amide bonds. The number of anilines is 2. The molecule has 0 bridgehead atoms. The zero-order valence-corrected chi connectivity index (χ0v) is 13.8. The SMILES string of the molecule is COCCOc1ccc(NC(=O)c2cccc3c2CCCN3)cc1. The van der Waals surface area contributed by atoms with Gasteiger partial charge in [0.05, 0.1) is 6.61 Å². The molecule has 0 spiro atoms. The van der Waals surface area contributed by atoms with E-state index in [2.05, 4.69) is 10.6 Å². The van der Waals surface area contributed by atoms with E-state index in [-0.39, 0.29) is 5.91 Å². The van der Waals surface area contributed by atoms with Crippen LogP contribution in [0.1, 0.15) is 22.3 Å². The van der Waals surface area contributed by atoms with E-state index in [1.165, 1.54) is 0 Å². The molecule has 0 radical (unpaired) electrons. The summed E-state index contributed by atoms with van der Waals surface area (Å²) >= 11 is 0. The van der Waals surface area contributed by atoms with Crippen molar-refractivity contribution in [3.8, 4) is 5.75 Å². The fourth-order valence-electron chi connectivity index (χ4n) is 2.80. The summed E-state index contributed by atoms with van der Waals surface area (Å²) in [7, 11) is 1.64. The monoisotopic (exact) mass is 326 g/mol. The summed E-state index contributed by atoms with van der Waals surface area (Å²) in [5, 5.41) is 6.30. The highest BCUT2D eigenvalue weighted by Crippen LogP contribution is 2.26. The number of methoxy groups -OCH3 is 1. The van der Waals surface area contributed by atoms with Gasteiger partial charge < -0.3 is 20.1 Å². The molecule has 126 valence electrons. The van der Waals surface area contributed by atoms with E-state index >= 15 is 0 Å². The molecule has 0 aromatic heterocycles. The molecule has 1 aliphatic rings. The second-order valence-corrected chi connectivity index (χ2v) is 5.68. The summed E-state index contributed by atoms with van der Waals surface area (Å²) in [6, 6.07) is 13.2. The molecule has 3 rings (SSSR count). The Hall–Kier alpha value is -2.53. The highest BCUT2D eigenvalue weighted by atomic mass is 16.5. The van der Waals surface area contributed by atoms with Crippen LogP contribution in [0.3, 0.4) is 0 Å². The van der Waals surface area contributed by atoms with Crippen LogP contribution >= 0.6 is 0 Å². The molecule has 0 aliphatic carbocycles. The van der Waals surface area contributed by atoms with E-state index in [1.807, 2.05) is 42.5 Å². The fourth-order valence-corrected chi connectivity index (χ4v) is 2.80. The normalized spacial score (nSPS) is 12.9. The van der Waals surface area contributed by atoms with Crippen LogP contribution in [0.25, 0.3) is 0 Å². The van der Waals surface area contributed by atoms with Crippen molar-refractivity contribution in [2.24, 2.45) is 0 Å². The lowest BCUT2D eigenvalue weighted by atomic mass is 9.97. The van der Waals surface area contributed by atoms with Crippen molar-refractivity contribution in [1.82, 2.24) is 0 Å². The minimum atomic E-state index is -0.0800. The van der Waals surface area contributed by atoms with Gasteiger partial charge >= 0.3 is 0 Å². The summed E-state index contributed by atoms with van der Waals surface area (Å²) in [5.41, 5.74) is 3.65. The molecule has 1 heterocycles. The van der Waals surface area contributed by atoms with E-state index in [0.717, 1.165) is 47.6 Å². The van der Waals surface area contributed by atoms with Gasteiger partial charge in [-0.1, -0.05) is 6.07 Å². The third-order valence-electron chi connectivity index (χ3n) is 4.01. The van der Waals surface area contributed by atoms with Gasteiger partial charge in [0, 0.05) is 30.6 Å². The Kier molecular flexibility index (Phi) is 5.33. The van der Waals surface area contributed by atoms with Gasteiger partial charge in [-0.15, -0.1) is 0 Å². The smallest absolute Gasteiger partial charge is 0.256 e. The molecule has 2 aromatic rings. The average molecular weight is 326 g/mol. The topological polar surface area (TPSA) is 59.6 Å². The zero-order chi connectivity index (χ0) is 16.8. The van der Waals surface area contributed by atoms with Crippen LogP contribution in [0.15, 0.2) is 42.5 Å². The maximum Gasteiger partial charge on any atom is 0.256 e. The van der Waals surface area contributed by atoms with Crippen molar-refractivity contribution in [3.05, 3.63) is 53.6 Å². The molecular formula is C19H22N2O3. The first-order chi connectivity index (χ1) is 11.8. The lowest BCUT2D eigenvalue weighted by Gasteiger charge is -2.20. The predicted octanol–water partition coefficient (Wildman–Crippen LogP) is 3.32. The highest BCUT2D eigenvalue weighted by molar-refractivity contribution is 6.06. The number of carbonyl (C=O) groups excluding carboxylic acids is 1. The number of hydrogen-bond donors (Lipinski definition) is 2. The maximum absolute atomic E-state index is 12.6. The van der Waals surface area contributed by atoms with Gasteiger partial charge in [0.1, 0.15) is 12.4 Å². The quantitative estimate of drug-likeness (QED) is 0.800. The van der Waals surface area contributed by atoms with Crippen LogP contribution in [-0.4, -0.2) is 32.8 Å². The minimum Gasteiger partial charge on any atom is -0.491 e. The number of benzene rings is 2. The fraction of sp³-hybridized carbons (Fsp3) is 0.316. The summed E-state index contributed by atoms with van der Waals surface area (Å²) < 4.78 is 10.5. The first-order valence-electron chi connectivity index (χ1n) is 8.17. The lowest BCUT2D eigenvalue weighted by molar-refractivity contribution is 0.102. The van der Waals surface area contributed by atoms with E-state index in [0.29, 0.717) is 13.2 Å². The number of ether oxygens (including phenoxy) is 2. The van der Waals surface area contributed by atoms with Crippen LogP contribution in [0, 0.1) is 0 Å². The predicted molar refractivity (Wildman–Crippen MR) is 95.0 cm³/mol. The Labute approximate surface area is 142 Å². The van der Waals surface area contributed by atoms with Gasteiger partial charge in [0.25, 0.3) is 5.91 Å². The molecule has 2 N–H and O–H groups in total. The van der Waals surface area contributed by atoms with Crippen LogP contribution in [0.2, 0.25) is 0 Å².